The highest BCUT2D eigenvalue weighted by Gasteiger charge is 2.11. The van der Waals surface area contributed by atoms with Gasteiger partial charge in [0.25, 0.3) is 0 Å². The third kappa shape index (κ3) is 7.73. The van der Waals surface area contributed by atoms with Crippen molar-refractivity contribution in [2.45, 2.75) is 26.2 Å². The minimum absolute atomic E-state index is 0.341. The van der Waals surface area contributed by atoms with Gasteiger partial charge in [0.2, 0.25) is 10.0 Å². The molecule has 0 aliphatic carbocycles. The number of aliphatic carboxylic acids is 1. The smallest absolute Gasteiger partial charge is 0.304 e. The maximum absolute atomic E-state index is 11.0. The van der Waals surface area contributed by atoms with Gasteiger partial charge in [-0.3, -0.25) is 4.79 Å². The molecule has 0 rings (SSSR count). The van der Waals surface area contributed by atoms with Gasteiger partial charge in [-0.2, -0.15) is 0 Å². The first-order chi connectivity index (χ1) is 5.98. The first-order valence-electron chi connectivity index (χ1n) is 4.17. The van der Waals surface area contributed by atoms with Gasteiger partial charge in [0.15, 0.2) is 0 Å². The molecule has 0 amide bonds. The van der Waals surface area contributed by atoms with Crippen LogP contribution in [0.2, 0.25) is 0 Å². The van der Waals surface area contributed by atoms with E-state index in [4.69, 9.17) is 5.11 Å². The zero-order valence-corrected chi connectivity index (χ0v) is 8.43. The van der Waals surface area contributed by atoms with Gasteiger partial charge in [-0.25, -0.2) is 13.1 Å². The molecule has 0 heterocycles. The van der Waals surface area contributed by atoms with Crippen molar-refractivity contribution in [2.75, 3.05) is 12.3 Å². The summed E-state index contributed by atoms with van der Waals surface area (Å²) >= 11 is 0. The van der Waals surface area contributed by atoms with E-state index in [9.17, 15) is 13.2 Å². The molecule has 0 aliphatic rings. The molecule has 0 aromatic heterocycles. The summed E-state index contributed by atoms with van der Waals surface area (Å²) in [6.45, 7) is 2.34. The predicted octanol–water partition coefficient (Wildman–Crippen LogP) is 0.181. The minimum atomic E-state index is -3.38. The number of nitrogens with one attached hydrogen (secondary N) is 1. The highest BCUT2D eigenvalue weighted by atomic mass is 32.2. The van der Waals surface area contributed by atoms with Crippen LogP contribution in [0.25, 0.3) is 0 Å². The van der Waals surface area contributed by atoms with Gasteiger partial charge in [-0.1, -0.05) is 13.3 Å². The zero-order chi connectivity index (χ0) is 10.3. The molecular weight excluding hydrogens is 194 g/mol. The van der Waals surface area contributed by atoms with Crippen LogP contribution >= 0.6 is 0 Å². The molecule has 0 bridgehead atoms. The van der Waals surface area contributed by atoms with Crippen molar-refractivity contribution in [1.29, 1.82) is 0 Å². The lowest BCUT2D eigenvalue weighted by Gasteiger charge is -2.03. The van der Waals surface area contributed by atoms with Crippen LogP contribution < -0.4 is 4.72 Å². The van der Waals surface area contributed by atoms with Crippen LogP contribution in [0, 0.1) is 0 Å². The van der Waals surface area contributed by atoms with Crippen LogP contribution in [0.4, 0.5) is 0 Å². The molecule has 0 aliphatic heterocycles. The fourth-order valence-corrected chi connectivity index (χ4v) is 1.74. The third-order valence-corrected chi connectivity index (χ3v) is 2.82. The number of carboxylic acids is 1. The number of carboxylic acid groups (broad SMARTS) is 1. The van der Waals surface area contributed by atoms with Gasteiger partial charge >= 0.3 is 5.97 Å². The highest BCUT2D eigenvalue weighted by molar-refractivity contribution is 7.89. The summed E-state index contributed by atoms with van der Waals surface area (Å²) in [5, 5.41) is 8.26. The molecule has 78 valence electrons. The molecular formula is C7H15NO4S. The Bertz CT molecular complexity index is 247. The van der Waals surface area contributed by atoms with E-state index in [-0.39, 0.29) is 12.2 Å². The molecule has 0 aromatic carbocycles. The predicted molar refractivity (Wildman–Crippen MR) is 49.0 cm³/mol. The molecule has 2 N–H and O–H groups in total. The van der Waals surface area contributed by atoms with Gasteiger partial charge in [0.05, 0.1) is 12.2 Å². The Hall–Kier alpha value is -0.620. The van der Waals surface area contributed by atoms with Crippen LogP contribution in [0.3, 0.4) is 0 Å². The topological polar surface area (TPSA) is 83.5 Å². The summed E-state index contributed by atoms with van der Waals surface area (Å²) in [6.07, 6.45) is 1.33. The Kier molecular flexibility index (Phi) is 5.65. The number of unbranched alkanes of at least 4 members (excludes halogenated alkanes) is 1. The maximum Gasteiger partial charge on any atom is 0.304 e. The number of hydrogen-bond acceptors (Lipinski definition) is 3. The van der Waals surface area contributed by atoms with Crippen molar-refractivity contribution in [1.82, 2.24) is 4.72 Å². The van der Waals surface area contributed by atoms with E-state index in [1.807, 2.05) is 6.92 Å². The largest absolute Gasteiger partial charge is 0.481 e. The number of rotatable bonds is 7. The van der Waals surface area contributed by atoms with Crippen LogP contribution in [0.5, 0.6) is 0 Å². The summed E-state index contributed by atoms with van der Waals surface area (Å²) in [5.41, 5.74) is 0. The van der Waals surface area contributed by atoms with Crippen molar-refractivity contribution >= 4 is 16.0 Å². The quantitative estimate of drug-likeness (QED) is 0.586. The van der Waals surface area contributed by atoms with E-state index < -0.39 is 16.0 Å². The van der Waals surface area contributed by atoms with E-state index in [0.29, 0.717) is 6.54 Å². The van der Waals surface area contributed by atoms with Crippen LogP contribution in [0.15, 0.2) is 0 Å². The summed E-state index contributed by atoms with van der Waals surface area (Å²) in [5.74, 6) is -1.44. The fourth-order valence-electron chi connectivity index (χ4n) is 0.698. The Labute approximate surface area is 78.2 Å². The van der Waals surface area contributed by atoms with Gasteiger partial charge in [0, 0.05) is 6.54 Å². The van der Waals surface area contributed by atoms with Crippen molar-refractivity contribution in [3.63, 3.8) is 0 Å². The molecule has 6 heteroatoms. The lowest BCUT2D eigenvalue weighted by molar-refractivity contribution is -0.136. The second kappa shape index (κ2) is 5.93. The second-order valence-corrected chi connectivity index (χ2v) is 4.64. The van der Waals surface area contributed by atoms with Crippen molar-refractivity contribution in [3.05, 3.63) is 0 Å². The average Bonchev–Trinajstić information content (AvgIpc) is 2.02. The summed E-state index contributed by atoms with van der Waals surface area (Å²) in [7, 11) is -3.38. The van der Waals surface area contributed by atoms with Gasteiger partial charge in [-0.15, -0.1) is 0 Å². The molecule has 0 radical (unpaired) electrons. The molecule has 5 nitrogen and oxygen atoms in total. The van der Waals surface area contributed by atoms with E-state index >= 15 is 0 Å². The Morgan fingerprint density at radius 3 is 2.54 bits per heavy atom. The lowest BCUT2D eigenvalue weighted by Crippen LogP contribution is -2.28. The van der Waals surface area contributed by atoms with E-state index in [1.54, 1.807) is 0 Å². The normalized spacial score (nSPS) is 11.5. The first kappa shape index (κ1) is 12.4. The van der Waals surface area contributed by atoms with Crippen LogP contribution in [0.1, 0.15) is 26.2 Å². The SMILES string of the molecule is CCCCNS(=O)(=O)CCC(=O)O. The van der Waals surface area contributed by atoms with E-state index in [1.165, 1.54) is 0 Å². The fraction of sp³-hybridized carbons (Fsp3) is 0.857. The second-order valence-electron chi connectivity index (χ2n) is 2.71. The van der Waals surface area contributed by atoms with Gasteiger partial charge in [0.1, 0.15) is 0 Å². The lowest BCUT2D eigenvalue weighted by atomic mass is 10.3. The summed E-state index contributed by atoms with van der Waals surface area (Å²) in [4.78, 5) is 10.1. The number of carbonyl (C=O) groups is 1. The molecule has 0 spiro atoms. The molecule has 0 fully saturated rings. The van der Waals surface area contributed by atoms with E-state index in [0.717, 1.165) is 12.8 Å². The van der Waals surface area contributed by atoms with Crippen LogP contribution in [-0.4, -0.2) is 31.8 Å². The monoisotopic (exact) mass is 209 g/mol. The minimum Gasteiger partial charge on any atom is -0.481 e. The van der Waals surface area contributed by atoms with Crippen molar-refractivity contribution in [3.8, 4) is 0 Å². The van der Waals surface area contributed by atoms with Crippen LogP contribution in [-0.2, 0) is 14.8 Å². The van der Waals surface area contributed by atoms with Crippen molar-refractivity contribution in [2.24, 2.45) is 0 Å². The molecule has 0 saturated heterocycles. The molecule has 13 heavy (non-hydrogen) atoms. The maximum atomic E-state index is 11.0. The van der Waals surface area contributed by atoms with Gasteiger partial charge < -0.3 is 5.11 Å². The standard InChI is InChI=1S/C7H15NO4S/c1-2-3-5-8-13(11,12)6-4-7(9)10/h8H,2-6H2,1H3,(H,9,10). The summed E-state index contributed by atoms with van der Waals surface area (Å²) < 4.78 is 24.4. The number of hydrogen-bond donors (Lipinski definition) is 2. The summed E-state index contributed by atoms with van der Waals surface area (Å²) in [6, 6.07) is 0. The van der Waals surface area contributed by atoms with E-state index in [2.05, 4.69) is 4.72 Å². The zero-order valence-electron chi connectivity index (χ0n) is 7.62. The average molecular weight is 209 g/mol. The molecule has 0 atom stereocenters. The Morgan fingerprint density at radius 1 is 1.46 bits per heavy atom. The third-order valence-electron chi connectivity index (χ3n) is 1.44. The van der Waals surface area contributed by atoms with Gasteiger partial charge in [-0.05, 0) is 6.42 Å². The Morgan fingerprint density at radius 2 is 2.08 bits per heavy atom. The first-order valence-corrected chi connectivity index (χ1v) is 5.82. The highest BCUT2D eigenvalue weighted by Crippen LogP contribution is 1.91. The molecule has 0 aromatic rings. The molecule has 0 unspecified atom stereocenters. The number of sulfonamides is 1. The molecule has 0 saturated carbocycles. The van der Waals surface area contributed by atoms with Crippen molar-refractivity contribution < 1.29 is 18.3 Å². The Balaban J connectivity index is 3.74.